The minimum absolute atomic E-state index is 0.104. The van der Waals surface area contributed by atoms with Crippen LogP contribution in [0.4, 0.5) is 5.69 Å². The first kappa shape index (κ1) is 24.3. The van der Waals surface area contributed by atoms with Crippen molar-refractivity contribution in [3.8, 4) is 11.5 Å². The van der Waals surface area contributed by atoms with Crippen LogP contribution in [0.25, 0.3) is 0 Å². The number of ether oxygens (including phenoxy) is 2. The maximum atomic E-state index is 13.4. The summed E-state index contributed by atoms with van der Waals surface area (Å²) in [5, 5.41) is 9.72. The number of carboxylic acids is 1. The van der Waals surface area contributed by atoms with E-state index in [1.54, 1.807) is 59.5 Å². The van der Waals surface area contributed by atoms with Gasteiger partial charge in [-0.25, -0.2) is 0 Å². The Morgan fingerprint density at radius 2 is 1.83 bits per heavy atom. The number of hydrogen-bond donors (Lipinski definition) is 1. The Kier molecular flexibility index (Phi) is 7.36. The summed E-state index contributed by atoms with van der Waals surface area (Å²) in [6, 6.07) is 19.2. The Hall–Kier alpha value is -3.84. The van der Waals surface area contributed by atoms with Gasteiger partial charge in [-0.3, -0.25) is 14.4 Å². The van der Waals surface area contributed by atoms with Crippen molar-refractivity contribution in [1.29, 1.82) is 0 Å². The molecule has 0 saturated carbocycles. The van der Waals surface area contributed by atoms with Crippen LogP contribution in [0.2, 0.25) is 5.02 Å². The number of carboxylic acid groups (broad SMARTS) is 1. The zero-order valence-corrected chi connectivity index (χ0v) is 19.8. The molecule has 1 heterocycles. The van der Waals surface area contributed by atoms with Gasteiger partial charge in [0.15, 0.2) is 11.9 Å². The van der Waals surface area contributed by atoms with Crippen molar-refractivity contribution in [3.63, 3.8) is 0 Å². The molecule has 0 saturated heterocycles. The number of Topliss-reactive ketones (excluding diaryl/α,β-unsaturated/α-hetero) is 1. The van der Waals surface area contributed by atoms with Crippen molar-refractivity contribution in [2.24, 2.45) is 0 Å². The summed E-state index contributed by atoms with van der Waals surface area (Å²) in [4.78, 5) is 38.1. The highest BCUT2D eigenvalue weighted by molar-refractivity contribution is 6.30. The lowest BCUT2D eigenvalue weighted by molar-refractivity contribution is -0.136. The molecule has 3 aromatic rings. The van der Waals surface area contributed by atoms with Crippen LogP contribution in [0.3, 0.4) is 0 Å². The van der Waals surface area contributed by atoms with E-state index in [9.17, 15) is 14.4 Å². The lowest BCUT2D eigenvalue weighted by Crippen LogP contribution is -2.46. The third-order valence-electron chi connectivity index (χ3n) is 5.67. The average molecular weight is 494 g/mol. The molecule has 1 N–H and O–H groups in total. The zero-order chi connectivity index (χ0) is 24.9. The van der Waals surface area contributed by atoms with E-state index in [-0.39, 0.29) is 31.1 Å². The van der Waals surface area contributed by atoms with Crippen LogP contribution in [0.1, 0.15) is 34.8 Å². The number of carbonyl (C=O) groups is 3. The molecule has 1 unspecified atom stereocenters. The number of rotatable bonds is 9. The third kappa shape index (κ3) is 5.81. The summed E-state index contributed by atoms with van der Waals surface area (Å²) < 4.78 is 11.8. The lowest BCUT2D eigenvalue weighted by atomic mass is 10.1. The number of nitrogens with zero attached hydrogens (tertiary/aromatic N) is 1. The summed E-state index contributed by atoms with van der Waals surface area (Å²) >= 11 is 6.00. The SMILES string of the molecule is CC(=O)c1ccc2c(c1)OC(CCOc1ccccc1CC(=O)O)C(=O)N2Cc1ccc(Cl)cc1. The number of benzene rings is 3. The summed E-state index contributed by atoms with van der Waals surface area (Å²) in [6.07, 6.45) is -0.754. The molecule has 35 heavy (non-hydrogen) atoms. The molecule has 1 atom stereocenters. The normalized spacial score (nSPS) is 14.7. The Bertz CT molecular complexity index is 1260. The first-order chi connectivity index (χ1) is 16.8. The third-order valence-corrected chi connectivity index (χ3v) is 5.93. The van der Waals surface area contributed by atoms with Crippen molar-refractivity contribution in [2.45, 2.75) is 32.4 Å². The van der Waals surface area contributed by atoms with Gasteiger partial charge in [0.05, 0.1) is 25.3 Å². The molecular weight excluding hydrogens is 470 g/mol. The zero-order valence-electron chi connectivity index (χ0n) is 19.1. The number of aliphatic carboxylic acids is 1. The average Bonchev–Trinajstić information content (AvgIpc) is 2.83. The molecule has 0 aliphatic carbocycles. The first-order valence-electron chi connectivity index (χ1n) is 11.1. The standard InChI is InChI=1S/C27H24ClNO6/c1-17(30)19-8-11-22-25(14-19)35-24(27(33)29(22)16-18-6-9-21(28)10-7-18)12-13-34-23-5-3-2-4-20(23)15-26(31)32/h2-11,14,24H,12-13,15-16H2,1H3,(H,31,32). The van der Waals surface area contributed by atoms with Gasteiger partial charge in [-0.15, -0.1) is 0 Å². The Labute approximate surface area is 207 Å². The van der Waals surface area contributed by atoms with Crippen molar-refractivity contribution in [2.75, 3.05) is 11.5 Å². The van der Waals surface area contributed by atoms with Crippen LogP contribution < -0.4 is 14.4 Å². The van der Waals surface area contributed by atoms with Crippen LogP contribution in [0, 0.1) is 0 Å². The smallest absolute Gasteiger partial charge is 0.307 e. The van der Waals surface area contributed by atoms with Gasteiger partial charge >= 0.3 is 5.97 Å². The van der Waals surface area contributed by atoms with Crippen molar-refractivity contribution in [3.05, 3.63) is 88.4 Å². The van der Waals surface area contributed by atoms with Crippen molar-refractivity contribution >= 4 is 34.9 Å². The van der Waals surface area contributed by atoms with E-state index in [0.717, 1.165) is 5.56 Å². The van der Waals surface area contributed by atoms with Gasteiger partial charge in [-0.05, 0) is 48.9 Å². The predicted octanol–water partition coefficient (Wildman–Crippen LogP) is 4.93. The molecule has 1 aliphatic rings. The topological polar surface area (TPSA) is 93.1 Å². The van der Waals surface area contributed by atoms with Crippen LogP contribution >= 0.6 is 11.6 Å². The molecule has 0 radical (unpaired) electrons. The summed E-state index contributed by atoms with van der Waals surface area (Å²) in [7, 11) is 0. The van der Waals surface area contributed by atoms with Gasteiger partial charge in [0.1, 0.15) is 11.5 Å². The fourth-order valence-corrected chi connectivity index (χ4v) is 4.02. The van der Waals surface area contributed by atoms with Crippen LogP contribution in [-0.4, -0.2) is 35.5 Å². The second kappa shape index (κ2) is 10.6. The van der Waals surface area contributed by atoms with Gasteiger partial charge in [0, 0.05) is 22.6 Å². The van der Waals surface area contributed by atoms with E-state index in [0.29, 0.717) is 39.9 Å². The highest BCUT2D eigenvalue weighted by Gasteiger charge is 2.34. The Morgan fingerprint density at radius 1 is 1.09 bits per heavy atom. The molecular formula is C27H24ClNO6. The monoisotopic (exact) mass is 493 g/mol. The van der Waals surface area contributed by atoms with Crippen molar-refractivity contribution < 1.29 is 29.0 Å². The summed E-state index contributed by atoms with van der Waals surface area (Å²) in [5.74, 6) is -0.390. The molecule has 0 fully saturated rings. The number of para-hydroxylation sites is 1. The van der Waals surface area contributed by atoms with Crippen LogP contribution in [0.15, 0.2) is 66.7 Å². The molecule has 1 aliphatic heterocycles. The number of ketones is 1. The molecule has 1 amide bonds. The highest BCUT2D eigenvalue weighted by Crippen LogP contribution is 2.37. The molecule has 0 aromatic heterocycles. The van der Waals surface area contributed by atoms with E-state index in [1.165, 1.54) is 6.92 Å². The molecule has 0 spiro atoms. The summed E-state index contributed by atoms with van der Waals surface area (Å²) in [6.45, 7) is 1.93. The predicted molar refractivity (Wildman–Crippen MR) is 131 cm³/mol. The minimum atomic E-state index is -0.956. The number of anilines is 1. The van der Waals surface area contributed by atoms with Crippen LogP contribution in [0.5, 0.6) is 11.5 Å². The molecule has 3 aromatic carbocycles. The Balaban J connectivity index is 1.54. The quantitative estimate of drug-likeness (QED) is 0.425. The fourth-order valence-electron chi connectivity index (χ4n) is 3.89. The molecule has 7 nitrogen and oxygen atoms in total. The van der Waals surface area contributed by atoms with E-state index in [4.69, 9.17) is 26.2 Å². The lowest BCUT2D eigenvalue weighted by Gasteiger charge is -2.34. The fraction of sp³-hybridized carbons (Fsp3) is 0.222. The van der Waals surface area contributed by atoms with Gasteiger partial charge < -0.3 is 19.5 Å². The Morgan fingerprint density at radius 3 is 2.54 bits per heavy atom. The molecule has 4 rings (SSSR count). The largest absolute Gasteiger partial charge is 0.493 e. The van der Waals surface area contributed by atoms with E-state index < -0.39 is 12.1 Å². The van der Waals surface area contributed by atoms with Gasteiger partial charge in [-0.1, -0.05) is 41.9 Å². The number of carbonyl (C=O) groups excluding carboxylic acids is 2. The van der Waals surface area contributed by atoms with Gasteiger partial charge in [0.2, 0.25) is 0 Å². The van der Waals surface area contributed by atoms with Crippen LogP contribution in [-0.2, 0) is 22.6 Å². The van der Waals surface area contributed by atoms with Crippen molar-refractivity contribution in [1.82, 2.24) is 0 Å². The number of fused-ring (bicyclic) bond motifs is 1. The van der Waals surface area contributed by atoms with Gasteiger partial charge in [-0.2, -0.15) is 0 Å². The highest BCUT2D eigenvalue weighted by atomic mass is 35.5. The van der Waals surface area contributed by atoms with E-state index in [1.807, 2.05) is 12.1 Å². The molecule has 180 valence electrons. The van der Waals surface area contributed by atoms with Gasteiger partial charge in [0.25, 0.3) is 5.91 Å². The second-order valence-corrected chi connectivity index (χ2v) is 8.65. The first-order valence-corrected chi connectivity index (χ1v) is 11.5. The number of amides is 1. The maximum Gasteiger partial charge on any atom is 0.307 e. The number of halogens is 1. The minimum Gasteiger partial charge on any atom is -0.493 e. The molecule has 0 bridgehead atoms. The second-order valence-electron chi connectivity index (χ2n) is 8.21. The maximum absolute atomic E-state index is 13.4. The molecule has 8 heteroatoms. The summed E-state index contributed by atoms with van der Waals surface area (Å²) in [5.41, 5.74) is 2.52. The van der Waals surface area contributed by atoms with E-state index >= 15 is 0 Å². The number of hydrogen-bond acceptors (Lipinski definition) is 5. The van der Waals surface area contributed by atoms with E-state index in [2.05, 4.69) is 0 Å².